The molecule has 1 fully saturated rings. The lowest BCUT2D eigenvalue weighted by atomic mass is 9.85. The maximum atomic E-state index is 13.7. The van der Waals surface area contributed by atoms with Crippen molar-refractivity contribution in [2.24, 2.45) is 11.7 Å². The summed E-state index contributed by atoms with van der Waals surface area (Å²) in [7, 11) is 0. The summed E-state index contributed by atoms with van der Waals surface area (Å²) < 4.78 is 19.9. The molecule has 0 aromatic heterocycles. The molecule has 1 aromatic rings. The van der Waals surface area contributed by atoms with Crippen molar-refractivity contribution in [2.45, 2.75) is 65.0 Å². The van der Waals surface area contributed by atoms with Gasteiger partial charge in [0.2, 0.25) is 0 Å². The maximum Gasteiger partial charge on any atom is 0.126 e. The molecular formula is C17H26FNO. The highest BCUT2D eigenvalue weighted by atomic mass is 19.1. The summed E-state index contributed by atoms with van der Waals surface area (Å²) in [5.41, 5.74) is 7.33. The predicted octanol–water partition coefficient (Wildman–Crippen LogP) is 4.50. The van der Waals surface area contributed by atoms with Crippen molar-refractivity contribution >= 4 is 0 Å². The Labute approximate surface area is 121 Å². The van der Waals surface area contributed by atoms with Gasteiger partial charge in [-0.05, 0) is 56.7 Å². The third kappa shape index (κ3) is 3.51. The summed E-state index contributed by atoms with van der Waals surface area (Å²) in [5, 5.41) is 0. The van der Waals surface area contributed by atoms with Crippen LogP contribution in [0.2, 0.25) is 0 Å². The smallest absolute Gasteiger partial charge is 0.126 e. The Hall–Kier alpha value is -1.09. The highest BCUT2D eigenvalue weighted by Crippen LogP contribution is 2.33. The van der Waals surface area contributed by atoms with Gasteiger partial charge in [0.05, 0.1) is 6.10 Å². The van der Waals surface area contributed by atoms with Crippen molar-refractivity contribution < 1.29 is 9.13 Å². The molecule has 0 saturated heterocycles. The zero-order chi connectivity index (χ0) is 14.7. The first-order valence-corrected chi connectivity index (χ1v) is 7.73. The number of nitrogens with two attached hydrogens (primary N) is 1. The first-order chi connectivity index (χ1) is 9.51. The maximum absolute atomic E-state index is 13.7. The number of benzene rings is 1. The van der Waals surface area contributed by atoms with E-state index in [2.05, 4.69) is 6.92 Å². The lowest BCUT2D eigenvalue weighted by Crippen LogP contribution is -2.26. The Morgan fingerprint density at radius 1 is 1.40 bits per heavy atom. The molecule has 3 heteroatoms. The third-order valence-corrected chi connectivity index (χ3v) is 4.39. The Balaban J connectivity index is 2.17. The summed E-state index contributed by atoms with van der Waals surface area (Å²) in [6.07, 6.45) is 6.17. The van der Waals surface area contributed by atoms with Crippen LogP contribution in [-0.2, 0) is 0 Å². The summed E-state index contributed by atoms with van der Waals surface area (Å²) in [5.74, 6) is 1.31. The highest BCUT2D eigenvalue weighted by Gasteiger charge is 2.23. The van der Waals surface area contributed by atoms with E-state index >= 15 is 0 Å². The normalized spacial score (nSPS) is 24.4. The Morgan fingerprint density at radius 3 is 2.80 bits per heavy atom. The minimum absolute atomic E-state index is 0.209. The van der Waals surface area contributed by atoms with Crippen LogP contribution in [0.15, 0.2) is 12.1 Å². The lowest BCUT2D eigenvalue weighted by Gasteiger charge is -2.30. The minimum Gasteiger partial charge on any atom is -0.490 e. The van der Waals surface area contributed by atoms with E-state index in [1.807, 2.05) is 6.92 Å². The average Bonchev–Trinajstić information content (AvgIpc) is 2.42. The molecule has 112 valence electrons. The SMILES string of the molecule is CCC1CCCC(Oc2cc(C)c(F)cc2C(C)N)C1. The van der Waals surface area contributed by atoms with Crippen LogP contribution in [0.5, 0.6) is 5.75 Å². The molecule has 1 aromatic carbocycles. The van der Waals surface area contributed by atoms with E-state index in [0.29, 0.717) is 5.56 Å². The van der Waals surface area contributed by atoms with E-state index in [1.54, 1.807) is 13.0 Å². The van der Waals surface area contributed by atoms with Crippen LogP contribution in [-0.4, -0.2) is 6.10 Å². The molecule has 20 heavy (non-hydrogen) atoms. The van der Waals surface area contributed by atoms with Crippen molar-refractivity contribution in [1.29, 1.82) is 0 Å². The fraction of sp³-hybridized carbons (Fsp3) is 0.647. The number of hydrogen-bond donors (Lipinski definition) is 1. The van der Waals surface area contributed by atoms with Gasteiger partial charge < -0.3 is 10.5 Å². The summed E-state index contributed by atoms with van der Waals surface area (Å²) in [6, 6.07) is 3.10. The van der Waals surface area contributed by atoms with E-state index in [1.165, 1.54) is 25.3 Å². The molecular weight excluding hydrogens is 253 g/mol. The number of ether oxygens (including phenoxy) is 1. The van der Waals surface area contributed by atoms with Crippen LogP contribution >= 0.6 is 0 Å². The molecule has 0 radical (unpaired) electrons. The van der Waals surface area contributed by atoms with Crippen LogP contribution in [0.4, 0.5) is 4.39 Å². The second kappa shape index (κ2) is 6.57. The van der Waals surface area contributed by atoms with Gasteiger partial charge in [0, 0.05) is 11.6 Å². The lowest BCUT2D eigenvalue weighted by molar-refractivity contribution is 0.120. The van der Waals surface area contributed by atoms with Gasteiger partial charge in [0.15, 0.2) is 0 Å². The van der Waals surface area contributed by atoms with Crippen LogP contribution in [0, 0.1) is 18.7 Å². The van der Waals surface area contributed by atoms with E-state index < -0.39 is 0 Å². The topological polar surface area (TPSA) is 35.2 Å². The zero-order valence-corrected chi connectivity index (χ0v) is 12.8. The molecule has 1 saturated carbocycles. The van der Waals surface area contributed by atoms with Gasteiger partial charge in [-0.15, -0.1) is 0 Å². The van der Waals surface area contributed by atoms with Crippen molar-refractivity contribution in [3.63, 3.8) is 0 Å². The number of rotatable bonds is 4. The molecule has 3 atom stereocenters. The van der Waals surface area contributed by atoms with Gasteiger partial charge in [-0.3, -0.25) is 0 Å². The van der Waals surface area contributed by atoms with Gasteiger partial charge in [-0.2, -0.15) is 0 Å². The molecule has 0 heterocycles. The van der Waals surface area contributed by atoms with E-state index in [-0.39, 0.29) is 18.0 Å². The Morgan fingerprint density at radius 2 is 2.15 bits per heavy atom. The van der Waals surface area contributed by atoms with Crippen LogP contribution in [0.3, 0.4) is 0 Å². The predicted molar refractivity (Wildman–Crippen MR) is 80.4 cm³/mol. The molecule has 0 bridgehead atoms. The first-order valence-electron chi connectivity index (χ1n) is 7.73. The standard InChI is InChI=1S/C17H26FNO/c1-4-13-6-5-7-14(9-13)20-17-8-11(2)16(18)10-15(17)12(3)19/h8,10,12-14H,4-7,9,19H2,1-3H3. The monoisotopic (exact) mass is 279 g/mol. The van der Waals surface area contributed by atoms with E-state index in [4.69, 9.17) is 10.5 Å². The highest BCUT2D eigenvalue weighted by molar-refractivity contribution is 5.40. The van der Waals surface area contributed by atoms with Gasteiger partial charge in [0.1, 0.15) is 11.6 Å². The molecule has 2 nitrogen and oxygen atoms in total. The second-order valence-corrected chi connectivity index (χ2v) is 6.11. The van der Waals surface area contributed by atoms with Gasteiger partial charge in [-0.25, -0.2) is 4.39 Å². The van der Waals surface area contributed by atoms with Crippen molar-refractivity contribution in [3.05, 3.63) is 29.1 Å². The molecule has 0 aliphatic heterocycles. The number of aryl methyl sites for hydroxylation is 1. The molecule has 1 aliphatic carbocycles. The Bertz CT molecular complexity index is 459. The molecule has 0 amide bonds. The summed E-state index contributed by atoms with van der Waals surface area (Å²) >= 11 is 0. The molecule has 2 N–H and O–H groups in total. The molecule has 3 unspecified atom stereocenters. The van der Waals surface area contributed by atoms with Gasteiger partial charge >= 0.3 is 0 Å². The summed E-state index contributed by atoms with van der Waals surface area (Å²) in [4.78, 5) is 0. The second-order valence-electron chi connectivity index (χ2n) is 6.11. The van der Waals surface area contributed by atoms with Gasteiger partial charge in [0.25, 0.3) is 0 Å². The van der Waals surface area contributed by atoms with Crippen molar-refractivity contribution in [1.82, 2.24) is 0 Å². The van der Waals surface area contributed by atoms with Gasteiger partial charge in [-0.1, -0.05) is 19.8 Å². The quantitative estimate of drug-likeness (QED) is 0.880. The fourth-order valence-electron chi connectivity index (χ4n) is 3.03. The van der Waals surface area contributed by atoms with E-state index in [9.17, 15) is 4.39 Å². The minimum atomic E-state index is -0.217. The Kier molecular flexibility index (Phi) is 5.03. The average molecular weight is 279 g/mol. The fourth-order valence-corrected chi connectivity index (χ4v) is 3.03. The third-order valence-electron chi connectivity index (χ3n) is 4.39. The van der Waals surface area contributed by atoms with Crippen LogP contribution in [0.25, 0.3) is 0 Å². The number of hydrogen-bond acceptors (Lipinski definition) is 2. The first kappa shape index (κ1) is 15.3. The van der Waals surface area contributed by atoms with Crippen LogP contribution in [0.1, 0.15) is 63.1 Å². The molecule has 1 aliphatic rings. The number of halogens is 1. The zero-order valence-electron chi connectivity index (χ0n) is 12.8. The largest absolute Gasteiger partial charge is 0.490 e. The summed E-state index contributed by atoms with van der Waals surface area (Å²) in [6.45, 7) is 5.87. The molecule has 0 spiro atoms. The van der Waals surface area contributed by atoms with Crippen molar-refractivity contribution in [2.75, 3.05) is 0 Å². The molecule has 2 rings (SSSR count). The van der Waals surface area contributed by atoms with E-state index in [0.717, 1.165) is 30.1 Å². The van der Waals surface area contributed by atoms with Crippen molar-refractivity contribution in [3.8, 4) is 5.75 Å². The van der Waals surface area contributed by atoms with Crippen LogP contribution < -0.4 is 10.5 Å².